The molecule has 0 aliphatic rings. The third-order valence-corrected chi connectivity index (χ3v) is 7.70. The van der Waals surface area contributed by atoms with Crippen LogP contribution in [0.1, 0.15) is 149 Å². The maximum Gasteiger partial charge on any atom is 0.305 e. The van der Waals surface area contributed by atoms with E-state index in [1.54, 1.807) is 12.2 Å². The van der Waals surface area contributed by atoms with Crippen LogP contribution in [0.2, 0.25) is 0 Å². The third kappa shape index (κ3) is 33.2. The monoisotopic (exact) mass is 648 g/mol. The Labute approximate surface area is 281 Å². The van der Waals surface area contributed by atoms with Crippen molar-refractivity contribution in [3.05, 3.63) is 48.6 Å². The van der Waals surface area contributed by atoms with Crippen LogP contribution in [0.25, 0.3) is 0 Å². The summed E-state index contributed by atoms with van der Waals surface area (Å²) in [6, 6.07) is 0. The first kappa shape index (κ1) is 43.8. The summed E-state index contributed by atoms with van der Waals surface area (Å²) in [7, 11) is 0. The molecule has 0 bridgehead atoms. The molecule has 0 aromatic rings. The average Bonchev–Trinajstić information content (AvgIpc) is 3.02. The molecule has 0 spiro atoms. The predicted octanol–water partition coefficient (Wildman–Crippen LogP) is 8.86. The van der Waals surface area contributed by atoms with E-state index in [0.717, 1.165) is 57.3 Å². The van der Waals surface area contributed by atoms with Gasteiger partial charge in [0.15, 0.2) is 0 Å². The Hall–Kier alpha value is -2.22. The normalized spacial score (nSPS) is 14.2. The number of rotatable bonds is 31. The van der Waals surface area contributed by atoms with Gasteiger partial charge in [-0.2, -0.15) is 0 Å². The van der Waals surface area contributed by atoms with E-state index in [1.165, 1.54) is 51.4 Å². The van der Waals surface area contributed by atoms with E-state index in [1.807, 2.05) is 36.5 Å². The Morgan fingerprint density at radius 3 is 1.50 bits per heavy atom. The second kappa shape index (κ2) is 32.7. The van der Waals surface area contributed by atoms with Gasteiger partial charge in [0.25, 0.3) is 0 Å². The molecule has 0 heterocycles. The van der Waals surface area contributed by atoms with E-state index in [-0.39, 0.29) is 31.7 Å². The summed E-state index contributed by atoms with van der Waals surface area (Å²) in [4.78, 5) is 23.9. The lowest BCUT2D eigenvalue weighted by Crippen LogP contribution is -2.25. The van der Waals surface area contributed by atoms with Gasteiger partial charge in [-0.15, -0.1) is 0 Å². The second-order valence-corrected chi connectivity index (χ2v) is 12.9. The van der Waals surface area contributed by atoms with Crippen LogP contribution < -0.4 is 0 Å². The van der Waals surface area contributed by atoms with Gasteiger partial charge in [0, 0.05) is 12.8 Å². The molecule has 0 saturated heterocycles. The van der Waals surface area contributed by atoms with Crippen LogP contribution >= 0.6 is 0 Å². The van der Waals surface area contributed by atoms with Crippen LogP contribution in [0.3, 0.4) is 0 Å². The summed E-state index contributed by atoms with van der Waals surface area (Å²) >= 11 is 0. The molecule has 0 aromatic carbocycles. The Morgan fingerprint density at radius 1 is 0.565 bits per heavy atom. The van der Waals surface area contributed by atoms with Crippen LogP contribution in [-0.4, -0.2) is 58.8 Å². The van der Waals surface area contributed by atoms with Crippen molar-refractivity contribution in [1.29, 1.82) is 0 Å². The summed E-state index contributed by atoms with van der Waals surface area (Å²) < 4.78 is 10.2. The summed E-state index contributed by atoms with van der Waals surface area (Å²) in [6.45, 7) is 6.31. The molecule has 3 N–H and O–H groups in total. The first-order valence-corrected chi connectivity index (χ1v) is 18.3. The highest BCUT2D eigenvalue weighted by Gasteiger charge is 2.12. The molecule has 0 radical (unpaired) electrons. The lowest BCUT2D eigenvalue weighted by Gasteiger charge is -2.12. The lowest BCUT2D eigenvalue weighted by molar-refractivity contribution is -0.152. The fourth-order valence-corrected chi connectivity index (χ4v) is 4.84. The molecule has 7 nitrogen and oxygen atoms in total. The molecule has 46 heavy (non-hydrogen) atoms. The van der Waals surface area contributed by atoms with Gasteiger partial charge in [-0.1, -0.05) is 153 Å². The Balaban J connectivity index is 3.72. The smallest absolute Gasteiger partial charge is 0.305 e. The molecule has 266 valence electrons. The number of hydrogen-bond donors (Lipinski definition) is 3. The van der Waals surface area contributed by atoms with Crippen molar-refractivity contribution in [3.63, 3.8) is 0 Å². The number of carbonyl (C=O) groups is 2. The van der Waals surface area contributed by atoms with Gasteiger partial charge in [0.1, 0.15) is 19.3 Å². The highest BCUT2D eigenvalue weighted by atomic mass is 16.6. The van der Waals surface area contributed by atoms with Crippen molar-refractivity contribution in [1.82, 2.24) is 0 Å². The zero-order valence-corrected chi connectivity index (χ0v) is 29.5. The van der Waals surface area contributed by atoms with Gasteiger partial charge >= 0.3 is 11.9 Å². The van der Waals surface area contributed by atoms with Crippen LogP contribution in [0.4, 0.5) is 0 Å². The van der Waals surface area contributed by atoms with E-state index >= 15 is 0 Å². The minimum absolute atomic E-state index is 0.136. The number of hydrogen-bond acceptors (Lipinski definition) is 7. The van der Waals surface area contributed by atoms with E-state index in [2.05, 4.69) is 20.8 Å². The number of unbranched alkanes of at least 4 members (excludes halogenated alkanes) is 11. The molecular formula is C39H68O7. The average molecular weight is 649 g/mol. The molecule has 3 atom stereocenters. The van der Waals surface area contributed by atoms with Crippen molar-refractivity contribution < 1.29 is 34.4 Å². The SMILES string of the molecule is CCCCC[C@H](O)/C=C/C=C\C/C=C\C=C\[C@H](O)CCCC(=O)OC[C@@H](O)COC(=O)CCCCCCCCCCCCC(C)C. The van der Waals surface area contributed by atoms with Gasteiger partial charge in [-0.3, -0.25) is 9.59 Å². The zero-order valence-electron chi connectivity index (χ0n) is 29.5. The van der Waals surface area contributed by atoms with Crippen LogP contribution in [0.5, 0.6) is 0 Å². The Morgan fingerprint density at radius 2 is 1.00 bits per heavy atom. The van der Waals surface area contributed by atoms with Crippen LogP contribution in [0.15, 0.2) is 48.6 Å². The van der Waals surface area contributed by atoms with Crippen molar-refractivity contribution in [2.75, 3.05) is 13.2 Å². The Bertz CT molecular complexity index is 830. The Kier molecular flexibility index (Phi) is 31.1. The van der Waals surface area contributed by atoms with Crippen molar-refractivity contribution in [2.24, 2.45) is 5.92 Å². The predicted molar refractivity (Wildman–Crippen MR) is 189 cm³/mol. The number of ether oxygens (including phenoxy) is 2. The zero-order chi connectivity index (χ0) is 34.1. The summed E-state index contributed by atoms with van der Waals surface area (Å²) in [5.41, 5.74) is 0. The molecular weight excluding hydrogens is 580 g/mol. The fourth-order valence-electron chi connectivity index (χ4n) is 4.84. The van der Waals surface area contributed by atoms with Crippen LogP contribution in [0, 0.1) is 5.92 Å². The van der Waals surface area contributed by atoms with Gasteiger partial charge < -0.3 is 24.8 Å². The van der Waals surface area contributed by atoms with Crippen molar-refractivity contribution in [3.8, 4) is 0 Å². The summed E-state index contributed by atoms with van der Waals surface area (Å²) in [6.07, 6.45) is 32.4. The molecule has 0 fully saturated rings. The topological polar surface area (TPSA) is 113 Å². The third-order valence-electron chi connectivity index (χ3n) is 7.70. The van der Waals surface area contributed by atoms with E-state index in [0.29, 0.717) is 19.3 Å². The molecule has 0 rings (SSSR count). The van der Waals surface area contributed by atoms with Gasteiger partial charge in [0.2, 0.25) is 0 Å². The minimum Gasteiger partial charge on any atom is -0.463 e. The maximum atomic E-state index is 11.9. The molecule has 0 aliphatic heterocycles. The standard InChI is InChI=1S/C39H68O7/c1-4-5-19-26-35(40)27-21-16-12-10-13-17-22-28-36(41)29-24-31-39(44)46-33-37(42)32-45-38(43)30-23-18-14-9-7-6-8-11-15-20-25-34(2)3/h12-13,16-17,21-22,27-28,34-37,40-42H,4-11,14-15,18-20,23-26,29-33H2,1-3H3/b16-12-,17-13-,27-21+,28-22+/t35-,36-,37-/m0/s1. The number of aliphatic hydroxyl groups excluding tert-OH is 3. The molecule has 0 amide bonds. The van der Waals surface area contributed by atoms with Crippen molar-refractivity contribution >= 4 is 11.9 Å². The van der Waals surface area contributed by atoms with E-state index < -0.39 is 18.2 Å². The molecule has 0 saturated carbocycles. The van der Waals surface area contributed by atoms with Gasteiger partial charge in [-0.05, 0) is 38.0 Å². The van der Waals surface area contributed by atoms with Gasteiger partial charge in [0.05, 0.1) is 12.2 Å². The lowest BCUT2D eigenvalue weighted by atomic mass is 10.0. The molecule has 0 aromatic heterocycles. The van der Waals surface area contributed by atoms with Crippen LogP contribution in [-0.2, 0) is 19.1 Å². The maximum absolute atomic E-state index is 11.9. The van der Waals surface area contributed by atoms with Crippen molar-refractivity contribution in [2.45, 2.75) is 167 Å². The largest absolute Gasteiger partial charge is 0.463 e. The quantitative estimate of drug-likeness (QED) is 0.0391. The highest BCUT2D eigenvalue weighted by molar-refractivity contribution is 5.69. The van der Waals surface area contributed by atoms with E-state index in [4.69, 9.17) is 9.47 Å². The van der Waals surface area contributed by atoms with Gasteiger partial charge in [-0.25, -0.2) is 0 Å². The molecule has 7 heteroatoms. The minimum atomic E-state index is -1.05. The molecule has 0 aliphatic carbocycles. The second-order valence-electron chi connectivity index (χ2n) is 12.9. The van der Waals surface area contributed by atoms with E-state index in [9.17, 15) is 24.9 Å². The summed E-state index contributed by atoms with van der Waals surface area (Å²) in [5.74, 6) is 0.0246. The first-order chi connectivity index (χ1) is 22.2. The highest BCUT2D eigenvalue weighted by Crippen LogP contribution is 2.14. The number of esters is 2. The molecule has 0 unspecified atom stereocenters. The number of carbonyl (C=O) groups excluding carboxylic acids is 2. The number of aliphatic hydroxyl groups is 3. The first-order valence-electron chi connectivity index (χ1n) is 18.3. The number of allylic oxidation sites excluding steroid dienone is 6. The summed E-state index contributed by atoms with van der Waals surface area (Å²) in [5, 5.41) is 29.9. The fraction of sp³-hybridized carbons (Fsp3) is 0.744.